The number of hydrogen-bond donors (Lipinski definition) is 1. The molecule has 0 amide bonds. The monoisotopic (exact) mass is 682 g/mol. The summed E-state index contributed by atoms with van der Waals surface area (Å²) in [5, 5.41) is 10.2. The standard InChI is InChI=1S/C21H26Br2F2O11S/c1-19(2,3)16(27)34-32-10-13(26)15(33-35-17(28)20(4,5)6)21(24,25)18(29)36-37(30,31)14-8-7-11(22)9-12(14)23/h7-9,13,15,26H,10H2,1-6H3/t13-,15-/m1/s1. The number of carbonyl (C=O) groups excluding carboxylic acids is 3. The molecule has 0 radical (unpaired) electrons. The van der Waals surface area contributed by atoms with Gasteiger partial charge in [-0.3, -0.25) is 9.78 Å². The molecule has 0 fully saturated rings. The van der Waals surface area contributed by atoms with Crippen molar-refractivity contribution in [2.75, 3.05) is 6.61 Å². The topological polar surface area (TPSA) is 152 Å². The Labute approximate surface area is 229 Å². The molecule has 0 aliphatic rings. The Bertz CT molecular complexity index is 1110. The van der Waals surface area contributed by atoms with E-state index in [1.807, 2.05) is 0 Å². The Kier molecular flexibility index (Phi) is 11.2. The van der Waals surface area contributed by atoms with E-state index in [9.17, 15) is 27.9 Å². The molecule has 2 atom stereocenters. The first-order valence-corrected chi connectivity index (χ1v) is 13.3. The highest BCUT2D eigenvalue weighted by Crippen LogP contribution is 2.32. The third kappa shape index (κ3) is 9.51. The largest absolute Gasteiger partial charge is 0.395 e. The van der Waals surface area contributed by atoms with Crippen LogP contribution in [0.5, 0.6) is 0 Å². The lowest BCUT2D eigenvalue weighted by Crippen LogP contribution is -2.53. The lowest BCUT2D eigenvalue weighted by atomic mass is 9.98. The molecule has 1 aromatic carbocycles. The summed E-state index contributed by atoms with van der Waals surface area (Å²) in [6.07, 6.45) is -5.53. The zero-order chi connectivity index (χ0) is 29.0. The first-order valence-electron chi connectivity index (χ1n) is 10.3. The molecule has 0 spiro atoms. The van der Waals surface area contributed by atoms with Gasteiger partial charge in [-0.05, 0) is 75.7 Å². The fourth-order valence-electron chi connectivity index (χ4n) is 1.95. The second kappa shape index (κ2) is 12.4. The van der Waals surface area contributed by atoms with E-state index < -0.39 is 68.5 Å². The molecule has 0 bridgehead atoms. The molecule has 0 saturated carbocycles. The van der Waals surface area contributed by atoms with Crippen molar-refractivity contribution in [2.45, 2.75) is 64.6 Å². The molecule has 1 N–H and O–H groups in total. The number of aliphatic hydroxyl groups excluding tert-OH is 1. The van der Waals surface area contributed by atoms with Gasteiger partial charge in [0.1, 0.15) is 17.6 Å². The Balaban J connectivity index is 3.18. The Hall–Kier alpha value is -1.72. The van der Waals surface area contributed by atoms with Crippen LogP contribution in [-0.2, 0) is 48.2 Å². The molecular formula is C21H26Br2F2O11S. The summed E-state index contributed by atoms with van der Waals surface area (Å²) >= 11 is 6.00. The van der Waals surface area contributed by atoms with Crippen molar-refractivity contribution in [3.05, 3.63) is 27.1 Å². The molecule has 210 valence electrons. The zero-order valence-corrected chi connectivity index (χ0v) is 24.5. The van der Waals surface area contributed by atoms with Crippen LogP contribution >= 0.6 is 31.9 Å². The first-order chi connectivity index (χ1) is 16.6. The fraction of sp³-hybridized carbons (Fsp3) is 0.571. The summed E-state index contributed by atoms with van der Waals surface area (Å²) in [6, 6.07) is 3.48. The van der Waals surface area contributed by atoms with Crippen LogP contribution in [0.3, 0.4) is 0 Å². The van der Waals surface area contributed by atoms with E-state index in [1.165, 1.54) is 53.7 Å². The van der Waals surface area contributed by atoms with E-state index in [1.54, 1.807) is 0 Å². The molecule has 0 aliphatic heterocycles. The number of rotatable bonds is 10. The second-order valence-electron chi connectivity index (χ2n) is 9.63. The number of aliphatic hydroxyl groups is 1. The van der Waals surface area contributed by atoms with Crippen molar-refractivity contribution < 1.29 is 60.4 Å². The average Bonchev–Trinajstić information content (AvgIpc) is 2.71. The highest BCUT2D eigenvalue weighted by Gasteiger charge is 2.56. The smallest absolute Gasteiger partial charge is 0.387 e. The van der Waals surface area contributed by atoms with Gasteiger partial charge in [0.15, 0.2) is 0 Å². The van der Waals surface area contributed by atoms with Crippen molar-refractivity contribution in [1.82, 2.24) is 0 Å². The van der Waals surface area contributed by atoms with Crippen LogP contribution in [0.1, 0.15) is 41.5 Å². The lowest BCUT2D eigenvalue weighted by molar-refractivity contribution is -0.360. The number of hydrogen-bond acceptors (Lipinski definition) is 11. The third-order valence-electron chi connectivity index (χ3n) is 4.15. The van der Waals surface area contributed by atoms with E-state index in [-0.39, 0.29) is 4.47 Å². The SMILES string of the molecule is CC(C)(C)C(=O)OOC[C@@H](O)[C@@H](OOC(=O)C(C)(C)C)C(F)(F)C(=O)OS(=O)(=O)c1ccc(Br)cc1Br. The summed E-state index contributed by atoms with van der Waals surface area (Å²) < 4.78 is 59.5. The van der Waals surface area contributed by atoms with Crippen LogP contribution in [0.15, 0.2) is 32.0 Å². The molecule has 1 rings (SSSR count). The van der Waals surface area contributed by atoms with Crippen molar-refractivity contribution in [3.63, 3.8) is 0 Å². The highest BCUT2D eigenvalue weighted by molar-refractivity contribution is 9.11. The van der Waals surface area contributed by atoms with Gasteiger partial charge >= 0.3 is 33.9 Å². The molecular weight excluding hydrogens is 658 g/mol. The average molecular weight is 684 g/mol. The minimum absolute atomic E-state index is 0.112. The van der Waals surface area contributed by atoms with Gasteiger partial charge in [0, 0.05) is 8.95 Å². The summed E-state index contributed by atoms with van der Waals surface area (Å²) in [6.45, 7) is 7.26. The number of carbonyl (C=O) groups is 3. The van der Waals surface area contributed by atoms with Gasteiger partial charge in [0.25, 0.3) is 0 Å². The number of halogens is 4. The minimum Gasteiger partial charge on any atom is -0.387 e. The molecule has 0 saturated heterocycles. The van der Waals surface area contributed by atoms with E-state index in [2.05, 4.69) is 55.6 Å². The van der Waals surface area contributed by atoms with Gasteiger partial charge in [-0.15, -0.1) is 0 Å². The predicted octanol–water partition coefficient (Wildman–Crippen LogP) is 3.85. The van der Waals surface area contributed by atoms with Crippen LogP contribution in [0, 0.1) is 10.8 Å². The van der Waals surface area contributed by atoms with Crippen LogP contribution in [0.2, 0.25) is 0 Å². The van der Waals surface area contributed by atoms with Crippen LogP contribution in [0.25, 0.3) is 0 Å². The molecule has 16 heteroatoms. The summed E-state index contributed by atoms with van der Waals surface area (Å²) in [5.74, 6) is -9.68. The normalized spacial score (nSPS) is 14.5. The van der Waals surface area contributed by atoms with Gasteiger partial charge in [-0.2, -0.15) is 27.0 Å². The van der Waals surface area contributed by atoms with Crippen molar-refractivity contribution in [3.8, 4) is 0 Å². The van der Waals surface area contributed by atoms with Crippen molar-refractivity contribution in [1.29, 1.82) is 0 Å². The third-order valence-corrected chi connectivity index (χ3v) is 6.83. The van der Waals surface area contributed by atoms with Crippen LogP contribution in [0.4, 0.5) is 8.78 Å². The predicted molar refractivity (Wildman–Crippen MR) is 128 cm³/mol. The second-order valence-corrected chi connectivity index (χ2v) is 12.9. The van der Waals surface area contributed by atoms with Crippen molar-refractivity contribution >= 4 is 59.9 Å². The molecule has 0 aliphatic carbocycles. The molecule has 37 heavy (non-hydrogen) atoms. The summed E-state index contributed by atoms with van der Waals surface area (Å²) in [4.78, 5) is 53.0. The summed E-state index contributed by atoms with van der Waals surface area (Å²) in [5.41, 5.74) is -2.30. The molecule has 0 heterocycles. The van der Waals surface area contributed by atoms with Gasteiger partial charge in [0.2, 0.25) is 6.10 Å². The van der Waals surface area contributed by atoms with Crippen molar-refractivity contribution in [2.24, 2.45) is 10.8 Å². The van der Waals surface area contributed by atoms with E-state index in [4.69, 9.17) is 0 Å². The first kappa shape index (κ1) is 33.3. The Morgan fingerprint density at radius 3 is 1.95 bits per heavy atom. The maximum absolute atomic E-state index is 15.1. The molecule has 11 nitrogen and oxygen atoms in total. The van der Waals surface area contributed by atoms with E-state index >= 15 is 8.78 Å². The molecule has 0 aromatic heterocycles. The van der Waals surface area contributed by atoms with Gasteiger partial charge in [0.05, 0.1) is 10.8 Å². The Morgan fingerprint density at radius 1 is 0.946 bits per heavy atom. The molecule has 1 aromatic rings. The highest BCUT2D eigenvalue weighted by atomic mass is 79.9. The quantitative estimate of drug-likeness (QED) is 0.218. The Morgan fingerprint density at radius 2 is 1.46 bits per heavy atom. The van der Waals surface area contributed by atoms with Gasteiger partial charge < -0.3 is 9.29 Å². The number of alkyl halides is 2. The van der Waals surface area contributed by atoms with E-state index in [0.29, 0.717) is 4.47 Å². The minimum atomic E-state index is -5.09. The molecule has 0 unspecified atom stereocenters. The zero-order valence-electron chi connectivity index (χ0n) is 20.5. The van der Waals surface area contributed by atoms with E-state index in [0.717, 1.165) is 6.07 Å². The maximum Gasteiger partial charge on any atom is 0.395 e. The van der Waals surface area contributed by atoms with Gasteiger partial charge in [-0.1, -0.05) is 15.9 Å². The van der Waals surface area contributed by atoms with Gasteiger partial charge in [-0.25, -0.2) is 14.4 Å². The fourth-order valence-corrected chi connectivity index (χ4v) is 4.53. The maximum atomic E-state index is 15.1. The lowest BCUT2D eigenvalue weighted by Gasteiger charge is -2.28. The number of benzene rings is 1. The van der Waals surface area contributed by atoms with Crippen LogP contribution < -0.4 is 0 Å². The summed E-state index contributed by atoms with van der Waals surface area (Å²) in [7, 11) is -5.09. The van der Waals surface area contributed by atoms with Crippen LogP contribution in [-0.4, -0.2) is 56.2 Å².